The SMILES string of the molecule is c1ccc(-c2cc(-n3c4cccnc4c4c5ccccc5c5c6ccccc6sc5c43)nc3nccnc23)cc1. The van der Waals surface area contributed by atoms with Gasteiger partial charge in [-0.3, -0.25) is 14.5 Å². The van der Waals surface area contributed by atoms with Gasteiger partial charge in [-0.2, -0.15) is 0 Å². The van der Waals surface area contributed by atoms with Crippen molar-refractivity contribution in [2.24, 2.45) is 0 Å². The monoisotopic (exact) mass is 529 g/mol. The van der Waals surface area contributed by atoms with Gasteiger partial charge >= 0.3 is 0 Å². The van der Waals surface area contributed by atoms with E-state index in [1.807, 2.05) is 29.7 Å². The molecule has 0 spiro atoms. The Bertz CT molecular complexity index is 2440. The Labute approximate surface area is 232 Å². The quantitative estimate of drug-likeness (QED) is 0.225. The molecule has 9 rings (SSSR count). The maximum absolute atomic E-state index is 5.11. The fraction of sp³-hybridized carbons (Fsp3) is 0. The predicted molar refractivity (Wildman–Crippen MR) is 165 cm³/mol. The Morgan fingerprint density at radius 3 is 2.20 bits per heavy atom. The Morgan fingerprint density at radius 1 is 0.600 bits per heavy atom. The molecule has 0 radical (unpaired) electrons. The molecule has 0 saturated heterocycles. The fourth-order valence-electron chi connectivity index (χ4n) is 6.11. The molecule has 0 amide bonds. The van der Waals surface area contributed by atoms with Gasteiger partial charge in [0, 0.05) is 45.0 Å². The van der Waals surface area contributed by atoms with Gasteiger partial charge in [-0.05, 0) is 40.6 Å². The lowest BCUT2D eigenvalue weighted by Crippen LogP contribution is -2.01. The summed E-state index contributed by atoms with van der Waals surface area (Å²) in [4.78, 5) is 19.4. The third-order valence-electron chi connectivity index (χ3n) is 7.74. The van der Waals surface area contributed by atoms with Crippen LogP contribution in [0.3, 0.4) is 0 Å². The third-order valence-corrected chi connectivity index (χ3v) is 8.92. The van der Waals surface area contributed by atoms with Crippen LogP contribution in [0, 0.1) is 0 Å². The van der Waals surface area contributed by atoms with Crippen LogP contribution in [0.15, 0.2) is 116 Å². The molecule has 0 fully saturated rings. The minimum atomic E-state index is 0.617. The van der Waals surface area contributed by atoms with Crippen LogP contribution in [0.2, 0.25) is 0 Å². The lowest BCUT2D eigenvalue weighted by Gasteiger charge is -2.12. The fourth-order valence-corrected chi connectivity index (χ4v) is 7.37. The number of pyridine rings is 2. The second-order valence-corrected chi connectivity index (χ2v) is 11.0. The number of fused-ring (bicyclic) bond motifs is 11. The highest BCUT2D eigenvalue weighted by Gasteiger charge is 2.23. The summed E-state index contributed by atoms with van der Waals surface area (Å²) in [6.07, 6.45) is 5.32. The van der Waals surface area contributed by atoms with Crippen molar-refractivity contribution in [2.75, 3.05) is 0 Å². The van der Waals surface area contributed by atoms with Gasteiger partial charge in [0.25, 0.3) is 0 Å². The molecule has 186 valence electrons. The van der Waals surface area contributed by atoms with Crippen molar-refractivity contribution in [3.8, 4) is 16.9 Å². The van der Waals surface area contributed by atoms with Crippen molar-refractivity contribution < 1.29 is 0 Å². The van der Waals surface area contributed by atoms with E-state index in [4.69, 9.17) is 9.97 Å². The zero-order valence-electron chi connectivity index (χ0n) is 21.1. The number of benzene rings is 4. The van der Waals surface area contributed by atoms with Crippen LogP contribution in [-0.4, -0.2) is 24.5 Å². The lowest BCUT2D eigenvalue weighted by atomic mass is 10.00. The van der Waals surface area contributed by atoms with Crippen molar-refractivity contribution >= 4 is 75.4 Å². The molecule has 6 heteroatoms. The van der Waals surface area contributed by atoms with E-state index in [9.17, 15) is 0 Å². The Kier molecular flexibility index (Phi) is 4.42. The van der Waals surface area contributed by atoms with Crippen molar-refractivity contribution in [3.63, 3.8) is 0 Å². The summed E-state index contributed by atoms with van der Waals surface area (Å²) < 4.78 is 4.78. The van der Waals surface area contributed by atoms with Crippen LogP contribution in [0.4, 0.5) is 0 Å². The summed E-state index contributed by atoms with van der Waals surface area (Å²) in [5.41, 5.74) is 6.59. The normalized spacial score (nSPS) is 12.0. The van der Waals surface area contributed by atoms with Crippen molar-refractivity contribution in [3.05, 3.63) is 116 Å². The average molecular weight is 530 g/mol. The van der Waals surface area contributed by atoms with Gasteiger partial charge in [0.2, 0.25) is 0 Å². The molecule has 5 aromatic heterocycles. The van der Waals surface area contributed by atoms with Gasteiger partial charge in [-0.25, -0.2) is 9.97 Å². The summed E-state index contributed by atoms with van der Waals surface area (Å²) >= 11 is 1.83. The van der Waals surface area contributed by atoms with Crippen LogP contribution in [0.5, 0.6) is 0 Å². The van der Waals surface area contributed by atoms with E-state index in [2.05, 4.69) is 99.5 Å². The average Bonchev–Trinajstić information content (AvgIpc) is 3.58. The molecule has 0 bridgehead atoms. The number of nitrogens with zero attached hydrogens (tertiary/aromatic N) is 5. The Balaban J connectivity index is 1.54. The summed E-state index contributed by atoms with van der Waals surface area (Å²) in [5.74, 6) is 0.800. The van der Waals surface area contributed by atoms with Crippen LogP contribution in [0.25, 0.3) is 81.0 Å². The highest BCUT2D eigenvalue weighted by molar-refractivity contribution is 7.27. The molecule has 0 atom stereocenters. The largest absolute Gasteiger partial charge is 0.291 e. The van der Waals surface area contributed by atoms with Gasteiger partial charge < -0.3 is 0 Å². The number of rotatable bonds is 2. The van der Waals surface area contributed by atoms with E-state index in [-0.39, 0.29) is 0 Å². The van der Waals surface area contributed by atoms with Crippen LogP contribution >= 0.6 is 11.3 Å². The first-order valence-electron chi connectivity index (χ1n) is 13.2. The minimum absolute atomic E-state index is 0.617. The Morgan fingerprint density at radius 2 is 1.32 bits per heavy atom. The summed E-state index contributed by atoms with van der Waals surface area (Å²) in [7, 11) is 0. The van der Waals surface area contributed by atoms with Crippen molar-refractivity contribution in [1.29, 1.82) is 0 Å². The minimum Gasteiger partial charge on any atom is -0.291 e. The van der Waals surface area contributed by atoms with Crippen LogP contribution < -0.4 is 0 Å². The zero-order valence-corrected chi connectivity index (χ0v) is 21.9. The van der Waals surface area contributed by atoms with Gasteiger partial charge in [-0.15, -0.1) is 11.3 Å². The third kappa shape index (κ3) is 2.91. The van der Waals surface area contributed by atoms with Gasteiger partial charge in [-0.1, -0.05) is 72.8 Å². The number of aromatic nitrogens is 5. The van der Waals surface area contributed by atoms with E-state index in [1.54, 1.807) is 12.4 Å². The van der Waals surface area contributed by atoms with E-state index >= 15 is 0 Å². The first-order chi connectivity index (χ1) is 19.9. The van der Waals surface area contributed by atoms with E-state index < -0.39 is 0 Å². The van der Waals surface area contributed by atoms with Gasteiger partial charge in [0.05, 0.1) is 21.3 Å². The Hall–Kier alpha value is -5.20. The molecule has 9 aromatic rings. The molecule has 4 aromatic carbocycles. The van der Waals surface area contributed by atoms with Gasteiger partial charge in [0.15, 0.2) is 5.65 Å². The maximum Gasteiger partial charge on any atom is 0.180 e. The summed E-state index contributed by atoms with van der Waals surface area (Å²) in [5, 5.41) is 6.13. The molecule has 0 saturated carbocycles. The van der Waals surface area contributed by atoms with E-state index in [1.165, 1.54) is 30.9 Å². The van der Waals surface area contributed by atoms with Crippen LogP contribution in [0.1, 0.15) is 0 Å². The van der Waals surface area contributed by atoms with E-state index in [0.717, 1.165) is 44.4 Å². The molecule has 0 aliphatic carbocycles. The highest BCUT2D eigenvalue weighted by atomic mass is 32.1. The topological polar surface area (TPSA) is 56.5 Å². The summed E-state index contributed by atoms with van der Waals surface area (Å²) in [6.45, 7) is 0. The molecule has 0 aliphatic heterocycles. The van der Waals surface area contributed by atoms with Crippen molar-refractivity contribution in [1.82, 2.24) is 24.5 Å². The first kappa shape index (κ1) is 21.7. The molecule has 0 N–H and O–H groups in total. The molecule has 0 unspecified atom stereocenters. The first-order valence-corrected chi connectivity index (χ1v) is 14.0. The molecule has 5 nitrogen and oxygen atoms in total. The second-order valence-electron chi connectivity index (χ2n) is 9.90. The predicted octanol–water partition coefficient (Wildman–Crippen LogP) is 8.70. The number of hydrogen-bond donors (Lipinski definition) is 0. The number of hydrogen-bond acceptors (Lipinski definition) is 5. The molecular formula is C34H19N5S. The van der Waals surface area contributed by atoms with Gasteiger partial charge in [0.1, 0.15) is 11.3 Å². The van der Waals surface area contributed by atoms with Crippen molar-refractivity contribution in [2.45, 2.75) is 0 Å². The second kappa shape index (κ2) is 8.15. The lowest BCUT2D eigenvalue weighted by molar-refractivity contribution is 1.08. The molecule has 0 aliphatic rings. The molecule has 40 heavy (non-hydrogen) atoms. The van der Waals surface area contributed by atoms with Crippen LogP contribution in [-0.2, 0) is 0 Å². The number of thiophene rings is 1. The maximum atomic E-state index is 5.11. The van der Waals surface area contributed by atoms with E-state index in [0.29, 0.717) is 5.65 Å². The standard InChI is InChI=1S/C34H19N5S/c1-2-9-20(10-3-1)24-19-27(38-34-30(24)36-17-18-37-34)39-25-14-8-16-35-31(25)29-22-12-5-4-11-21(22)28-23-13-6-7-15-26(23)40-33(28)32(29)39/h1-19H. The smallest absolute Gasteiger partial charge is 0.180 e. The summed E-state index contributed by atoms with van der Waals surface area (Å²) in [6, 6.07) is 34.0. The molecular weight excluding hydrogens is 510 g/mol. The molecule has 5 heterocycles. The zero-order chi connectivity index (χ0) is 26.2. The highest BCUT2D eigenvalue weighted by Crippen LogP contribution is 2.47.